The van der Waals surface area contributed by atoms with Gasteiger partial charge in [0.25, 0.3) is 0 Å². The molecule has 0 radical (unpaired) electrons. The van der Waals surface area contributed by atoms with Gasteiger partial charge in [0.15, 0.2) is 5.82 Å². The highest BCUT2D eigenvalue weighted by atomic mass is 14.9. The van der Waals surface area contributed by atoms with Crippen LogP contribution in [0.25, 0.3) is 78.4 Å². The summed E-state index contributed by atoms with van der Waals surface area (Å²) in [5, 5.41) is 0. The highest BCUT2D eigenvalue weighted by Gasteiger charge is 2.41. The van der Waals surface area contributed by atoms with E-state index in [4.69, 9.17) is 9.97 Å². The summed E-state index contributed by atoms with van der Waals surface area (Å²) in [6.07, 6.45) is 0. The molecular weight excluding hydrogens is 653 g/mol. The van der Waals surface area contributed by atoms with Gasteiger partial charge in [0.1, 0.15) is 0 Å². The minimum Gasteiger partial charge on any atom is -0.228 e. The number of fused-ring (bicyclic) bond motifs is 6. The Kier molecular flexibility index (Phi) is 7.22. The van der Waals surface area contributed by atoms with Crippen LogP contribution >= 0.6 is 0 Å². The Hall–Kier alpha value is -6.38. The van der Waals surface area contributed by atoms with Gasteiger partial charge in [0.2, 0.25) is 0 Å². The van der Waals surface area contributed by atoms with Crippen molar-refractivity contribution in [2.45, 2.75) is 38.5 Å². The second-order valence-corrected chi connectivity index (χ2v) is 15.8. The van der Waals surface area contributed by atoms with Gasteiger partial charge in [-0.05, 0) is 91.0 Å². The number of hydrogen-bond acceptors (Lipinski definition) is 2. The van der Waals surface area contributed by atoms with Gasteiger partial charge in [-0.2, -0.15) is 0 Å². The van der Waals surface area contributed by atoms with Crippen LogP contribution in [0.15, 0.2) is 170 Å². The molecule has 258 valence electrons. The van der Waals surface area contributed by atoms with Crippen LogP contribution in [-0.4, -0.2) is 9.97 Å². The molecule has 0 spiro atoms. The molecule has 1 heterocycles. The lowest BCUT2D eigenvalue weighted by Crippen LogP contribution is -2.17. The van der Waals surface area contributed by atoms with Crippen molar-refractivity contribution in [2.24, 2.45) is 0 Å². The Morgan fingerprint density at radius 1 is 0.296 bits per heavy atom. The molecule has 0 bridgehead atoms. The predicted octanol–water partition coefficient (Wildman–Crippen LogP) is 13.4. The molecule has 0 amide bonds. The van der Waals surface area contributed by atoms with Gasteiger partial charge in [-0.1, -0.05) is 173 Å². The van der Waals surface area contributed by atoms with Crippen molar-refractivity contribution in [3.63, 3.8) is 0 Å². The largest absolute Gasteiger partial charge is 0.228 e. The molecule has 0 saturated carbocycles. The van der Waals surface area contributed by atoms with Gasteiger partial charge in [0, 0.05) is 27.5 Å². The van der Waals surface area contributed by atoms with E-state index in [2.05, 4.69) is 173 Å². The van der Waals surface area contributed by atoms with E-state index in [-0.39, 0.29) is 10.8 Å². The Morgan fingerprint density at radius 3 is 1.30 bits per heavy atom. The van der Waals surface area contributed by atoms with Crippen LogP contribution in [0.2, 0.25) is 0 Å². The van der Waals surface area contributed by atoms with Gasteiger partial charge in [0.05, 0.1) is 11.4 Å². The average Bonchev–Trinajstić information content (AvgIpc) is 3.59. The topological polar surface area (TPSA) is 25.8 Å². The SMILES string of the molecule is CC1(C)c2ccccc2-c2cc3c(cc21)-c1ccc(-c2ccc(-c4cc(-c5ccc(-c6ccccc6)cc5)nc(-c5ccccc5)n4)cc2)cc1C3(C)C. The van der Waals surface area contributed by atoms with E-state index in [1.807, 2.05) is 24.3 Å². The Balaban J connectivity index is 0.997. The molecule has 54 heavy (non-hydrogen) atoms. The highest BCUT2D eigenvalue weighted by molar-refractivity contribution is 5.90. The van der Waals surface area contributed by atoms with Crippen LogP contribution in [0.5, 0.6) is 0 Å². The maximum Gasteiger partial charge on any atom is 0.160 e. The monoisotopic (exact) mass is 692 g/mol. The lowest BCUT2D eigenvalue weighted by atomic mass is 9.79. The third-order valence-corrected chi connectivity index (χ3v) is 11.9. The van der Waals surface area contributed by atoms with Crippen LogP contribution in [-0.2, 0) is 10.8 Å². The van der Waals surface area contributed by atoms with E-state index in [9.17, 15) is 0 Å². The zero-order valence-corrected chi connectivity index (χ0v) is 31.1. The fraction of sp³-hybridized carbons (Fsp3) is 0.115. The molecule has 0 aliphatic heterocycles. The molecule has 2 aliphatic carbocycles. The van der Waals surface area contributed by atoms with Crippen molar-refractivity contribution < 1.29 is 0 Å². The van der Waals surface area contributed by atoms with Crippen LogP contribution in [0.4, 0.5) is 0 Å². The summed E-state index contributed by atoms with van der Waals surface area (Å²) in [5.74, 6) is 0.720. The van der Waals surface area contributed by atoms with Gasteiger partial charge < -0.3 is 0 Å². The molecule has 2 aliphatic rings. The van der Waals surface area contributed by atoms with Gasteiger partial charge in [-0.15, -0.1) is 0 Å². The second kappa shape index (κ2) is 12.1. The quantitative estimate of drug-likeness (QED) is 0.179. The van der Waals surface area contributed by atoms with E-state index in [0.29, 0.717) is 0 Å². The Bertz CT molecular complexity index is 2720. The minimum absolute atomic E-state index is 0.0190. The molecule has 0 fully saturated rings. The third-order valence-electron chi connectivity index (χ3n) is 11.9. The number of benzene rings is 7. The van der Waals surface area contributed by atoms with Crippen LogP contribution in [0.1, 0.15) is 49.9 Å². The smallest absolute Gasteiger partial charge is 0.160 e. The second-order valence-electron chi connectivity index (χ2n) is 15.8. The van der Waals surface area contributed by atoms with E-state index >= 15 is 0 Å². The fourth-order valence-corrected chi connectivity index (χ4v) is 8.87. The summed E-state index contributed by atoms with van der Waals surface area (Å²) in [5.41, 5.74) is 20.8. The summed E-state index contributed by atoms with van der Waals surface area (Å²) in [6.45, 7) is 9.50. The number of nitrogens with zero attached hydrogens (tertiary/aromatic N) is 2. The van der Waals surface area contributed by atoms with Crippen LogP contribution < -0.4 is 0 Å². The zero-order chi connectivity index (χ0) is 36.6. The Labute approximate surface area is 317 Å². The van der Waals surface area contributed by atoms with E-state index in [0.717, 1.165) is 33.9 Å². The molecule has 0 atom stereocenters. The standard InChI is InChI=1S/C52H40N2/c1-51(2)44-18-12-11-17-40(44)42-30-47-43(31-46(42)51)41-28-27-39(29-45(41)52(47,3)4)35-21-25-37(26-22-35)49-32-48(53-50(54-49)38-15-9-6-10-16-38)36-23-19-34(20-24-36)33-13-7-5-8-14-33/h5-32H,1-4H3. The van der Waals surface area contributed by atoms with Crippen molar-refractivity contribution in [3.8, 4) is 78.4 Å². The van der Waals surface area contributed by atoms with Crippen molar-refractivity contribution in [1.82, 2.24) is 9.97 Å². The molecule has 7 aromatic carbocycles. The maximum atomic E-state index is 5.10. The first-order valence-corrected chi connectivity index (χ1v) is 18.9. The summed E-state index contributed by atoms with van der Waals surface area (Å²) in [7, 11) is 0. The maximum absolute atomic E-state index is 5.10. The van der Waals surface area contributed by atoms with Crippen molar-refractivity contribution in [2.75, 3.05) is 0 Å². The van der Waals surface area contributed by atoms with E-state index in [1.54, 1.807) is 0 Å². The number of rotatable bonds is 5. The summed E-state index contributed by atoms with van der Waals surface area (Å²) in [6, 6.07) is 61.4. The van der Waals surface area contributed by atoms with E-state index in [1.165, 1.54) is 66.8 Å². The lowest BCUT2D eigenvalue weighted by Gasteiger charge is -2.24. The predicted molar refractivity (Wildman–Crippen MR) is 224 cm³/mol. The molecule has 2 nitrogen and oxygen atoms in total. The zero-order valence-electron chi connectivity index (χ0n) is 31.1. The Morgan fingerprint density at radius 2 is 0.704 bits per heavy atom. The molecular formula is C52H40N2. The molecule has 0 N–H and O–H groups in total. The third kappa shape index (κ3) is 5.09. The highest BCUT2D eigenvalue weighted by Crippen LogP contribution is 2.56. The lowest BCUT2D eigenvalue weighted by molar-refractivity contribution is 0.652. The normalized spacial score (nSPS) is 14.2. The summed E-state index contributed by atoms with van der Waals surface area (Å²) in [4.78, 5) is 10.2. The van der Waals surface area contributed by atoms with Crippen LogP contribution in [0, 0.1) is 0 Å². The van der Waals surface area contributed by atoms with Gasteiger partial charge in [-0.3, -0.25) is 0 Å². The fourth-order valence-electron chi connectivity index (χ4n) is 8.87. The summed E-state index contributed by atoms with van der Waals surface area (Å²) < 4.78 is 0. The van der Waals surface area contributed by atoms with Crippen molar-refractivity contribution in [1.29, 1.82) is 0 Å². The van der Waals surface area contributed by atoms with Gasteiger partial charge in [-0.25, -0.2) is 9.97 Å². The minimum atomic E-state index is -0.109. The molecule has 10 rings (SSSR count). The molecule has 1 aromatic heterocycles. The molecule has 8 aromatic rings. The molecule has 2 heteroatoms. The van der Waals surface area contributed by atoms with Gasteiger partial charge >= 0.3 is 0 Å². The van der Waals surface area contributed by atoms with Crippen molar-refractivity contribution in [3.05, 3.63) is 192 Å². The first kappa shape index (κ1) is 32.3. The average molecular weight is 693 g/mol. The number of aromatic nitrogens is 2. The van der Waals surface area contributed by atoms with E-state index < -0.39 is 0 Å². The number of hydrogen-bond donors (Lipinski definition) is 0. The van der Waals surface area contributed by atoms with Crippen LogP contribution in [0.3, 0.4) is 0 Å². The first-order valence-electron chi connectivity index (χ1n) is 18.9. The molecule has 0 saturated heterocycles. The molecule has 0 unspecified atom stereocenters. The van der Waals surface area contributed by atoms with Crippen molar-refractivity contribution >= 4 is 0 Å². The summed E-state index contributed by atoms with van der Waals surface area (Å²) >= 11 is 0. The first-order chi connectivity index (χ1) is 26.3.